The molecule has 0 bridgehead atoms. The second-order valence-corrected chi connectivity index (χ2v) is 6.34. The highest BCUT2D eigenvalue weighted by Gasteiger charge is 2.12. The molecule has 0 saturated heterocycles. The quantitative estimate of drug-likeness (QED) is 0.534. The first-order valence-corrected chi connectivity index (χ1v) is 8.07. The van der Waals surface area contributed by atoms with Gasteiger partial charge in [0, 0.05) is 35.8 Å². The maximum Gasteiger partial charge on any atom is 0.175 e. The zero-order valence-corrected chi connectivity index (χ0v) is 13.4. The van der Waals surface area contributed by atoms with Crippen LogP contribution in [0.5, 0.6) is 5.75 Å². The fraction of sp³-hybridized carbons (Fsp3) is 0.462. The Hall–Kier alpha value is -0.720. The number of Topliss-reactive ketones (excluding diaryl/α,β-unsaturated/α-hetero) is 1. The summed E-state index contributed by atoms with van der Waals surface area (Å²) in [6.45, 7) is 0.564. The van der Waals surface area contributed by atoms with E-state index in [0.717, 1.165) is 0 Å². The van der Waals surface area contributed by atoms with Gasteiger partial charge in [-0.2, -0.15) is 0 Å². The molecule has 6 heteroatoms. The first-order valence-electron chi connectivity index (χ1n) is 5.79. The summed E-state index contributed by atoms with van der Waals surface area (Å²) in [6.07, 6.45) is 0.697. The molecule has 4 nitrogen and oxygen atoms in total. The molecular weight excluding hydrogens is 332 g/mol. The normalized spacial score (nSPS) is 12.2. The summed E-state index contributed by atoms with van der Waals surface area (Å²) in [7, 11) is 2.02. The van der Waals surface area contributed by atoms with E-state index in [4.69, 9.17) is 9.47 Å². The van der Waals surface area contributed by atoms with Crippen molar-refractivity contribution in [3.8, 4) is 5.75 Å². The number of hydrogen-bond acceptors (Lipinski definition) is 4. The van der Waals surface area contributed by atoms with Gasteiger partial charge in [-0.15, -0.1) is 0 Å². The van der Waals surface area contributed by atoms with Gasteiger partial charge >= 0.3 is 0 Å². The molecule has 0 aliphatic rings. The zero-order chi connectivity index (χ0) is 14.3. The second-order valence-electron chi connectivity index (χ2n) is 3.91. The smallest absolute Gasteiger partial charge is 0.175 e. The molecular formula is C13H17BrO4S. The van der Waals surface area contributed by atoms with E-state index in [2.05, 4.69) is 15.9 Å². The van der Waals surface area contributed by atoms with Gasteiger partial charge in [0.25, 0.3) is 0 Å². The van der Waals surface area contributed by atoms with Gasteiger partial charge < -0.3 is 9.47 Å². The molecule has 0 heterocycles. The summed E-state index contributed by atoms with van der Waals surface area (Å²) in [5.41, 5.74) is 0.535. The first-order chi connectivity index (χ1) is 9.08. The number of carbonyl (C=O) groups excluding carboxylic acids is 1. The van der Waals surface area contributed by atoms with Crippen LogP contribution in [0.15, 0.2) is 22.7 Å². The van der Waals surface area contributed by atoms with E-state index in [9.17, 15) is 9.00 Å². The van der Waals surface area contributed by atoms with E-state index in [1.54, 1.807) is 32.4 Å². The van der Waals surface area contributed by atoms with Crippen LogP contribution in [0, 0.1) is 0 Å². The lowest BCUT2D eigenvalue weighted by Crippen LogP contribution is -2.14. The predicted octanol–water partition coefficient (Wildman–Crippen LogP) is 2.43. The number of rotatable bonds is 8. The highest BCUT2D eigenvalue weighted by atomic mass is 79.9. The van der Waals surface area contributed by atoms with E-state index in [0.29, 0.717) is 34.6 Å². The zero-order valence-electron chi connectivity index (χ0n) is 11.0. The van der Waals surface area contributed by atoms with Crippen LogP contribution < -0.4 is 4.74 Å². The van der Waals surface area contributed by atoms with Crippen LogP contribution in [0.1, 0.15) is 16.8 Å². The van der Waals surface area contributed by atoms with Crippen molar-refractivity contribution in [2.75, 3.05) is 32.3 Å². The Labute approximate surface area is 124 Å². The van der Waals surface area contributed by atoms with E-state index < -0.39 is 10.8 Å². The monoisotopic (exact) mass is 348 g/mol. The van der Waals surface area contributed by atoms with E-state index in [1.165, 1.54) is 0 Å². The Morgan fingerprint density at radius 3 is 2.68 bits per heavy atom. The molecule has 0 aromatic heterocycles. The summed E-state index contributed by atoms with van der Waals surface area (Å²) in [4.78, 5) is 12.0. The average molecular weight is 349 g/mol. The minimum atomic E-state index is -1.14. The van der Waals surface area contributed by atoms with Gasteiger partial charge in [0.2, 0.25) is 0 Å². The largest absolute Gasteiger partial charge is 0.496 e. The number of ether oxygens (including phenoxy) is 2. The third-order valence-electron chi connectivity index (χ3n) is 2.49. The highest BCUT2D eigenvalue weighted by molar-refractivity contribution is 9.10. The minimum Gasteiger partial charge on any atom is -0.496 e. The molecule has 1 rings (SSSR count). The lowest BCUT2D eigenvalue weighted by molar-refractivity contribution is 0.102. The fourth-order valence-electron chi connectivity index (χ4n) is 1.51. The van der Waals surface area contributed by atoms with Crippen molar-refractivity contribution in [2.45, 2.75) is 6.42 Å². The lowest BCUT2D eigenvalue weighted by Gasteiger charge is -2.06. The summed E-state index contributed by atoms with van der Waals surface area (Å²) in [6, 6.07) is 5.08. The van der Waals surface area contributed by atoms with Gasteiger partial charge in [0.05, 0.1) is 17.3 Å². The van der Waals surface area contributed by atoms with Crippen molar-refractivity contribution < 1.29 is 18.5 Å². The average Bonchev–Trinajstić information content (AvgIpc) is 2.38. The van der Waals surface area contributed by atoms with Crippen LogP contribution in [0.25, 0.3) is 0 Å². The molecule has 0 amide bonds. The number of carbonyl (C=O) groups is 1. The Balaban J connectivity index is 2.58. The molecule has 1 atom stereocenters. The first kappa shape index (κ1) is 16.3. The van der Waals surface area contributed by atoms with Crippen molar-refractivity contribution in [1.29, 1.82) is 0 Å². The SMILES string of the molecule is COCCCS(=O)CC(=O)c1ccc(OC)c(Br)c1. The predicted molar refractivity (Wildman–Crippen MR) is 79.4 cm³/mol. The van der Waals surface area contributed by atoms with E-state index in [-0.39, 0.29) is 11.5 Å². The molecule has 0 aliphatic carbocycles. The van der Waals surface area contributed by atoms with Crippen LogP contribution in [-0.4, -0.2) is 42.3 Å². The number of hydrogen-bond donors (Lipinski definition) is 0. The second kappa shape index (κ2) is 8.45. The molecule has 19 heavy (non-hydrogen) atoms. The van der Waals surface area contributed by atoms with E-state index >= 15 is 0 Å². The molecule has 1 aromatic rings. The van der Waals surface area contributed by atoms with Crippen molar-refractivity contribution in [3.05, 3.63) is 28.2 Å². The van der Waals surface area contributed by atoms with Crippen molar-refractivity contribution in [3.63, 3.8) is 0 Å². The standard InChI is InChI=1S/C13H17BrO4S/c1-17-6-3-7-19(16)9-12(15)10-4-5-13(18-2)11(14)8-10/h4-5,8H,3,6-7,9H2,1-2H3. The number of ketones is 1. The van der Waals surface area contributed by atoms with Gasteiger partial charge in [-0.05, 0) is 40.5 Å². The number of halogens is 1. The third kappa shape index (κ3) is 5.42. The molecule has 0 radical (unpaired) electrons. The van der Waals surface area contributed by atoms with Gasteiger partial charge in [0.1, 0.15) is 5.75 Å². The number of methoxy groups -OCH3 is 2. The minimum absolute atomic E-state index is 0.0441. The Morgan fingerprint density at radius 1 is 1.37 bits per heavy atom. The van der Waals surface area contributed by atoms with E-state index in [1.807, 2.05) is 0 Å². The Bertz CT molecular complexity index is 462. The summed E-state index contributed by atoms with van der Waals surface area (Å²) in [5.74, 6) is 1.07. The number of benzene rings is 1. The summed E-state index contributed by atoms with van der Waals surface area (Å²) < 4.78 is 22.4. The van der Waals surface area contributed by atoms with Gasteiger partial charge in [-0.25, -0.2) is 0 Å². The van der Waals surface area contributed by atoms with Crippen LogP contribution in [0.3, 0.4) is 0 Å². The molecule has 1 unspecified atom stereocenters. The Kier molecular flexibility index (Phi) is 7.27. The molecule has 1 aromatic carbocycles. The highest BCUT2D eigenvalue weighted by Crippen LogP contribution is 2.25. The van der Waals surface area contributed by atoms with Crippen molar-refractivity contribution in [2.24, 2.45) is 0 Å². The molecule has 0 spiro atoms. The van der Waals surface area contributed by atoms with Crippen LogP contribution in [0.4, 0.5) is 0 Å². The van der Waals surface area contributed by atoms with Gasteiger partial charge in [-0.3, -0.25) is 9.00 Å². The Morgan fingerprint density at radius 2 is 2.11 bits per heavy atom. The maximum absolute atomic E-state index is 12.0. The third-order valence-corrected chi connectivity index (χ3v) is 4.43. The van der Waals surface area contributed by atoms with Crippen LogP contribution >= 0.6 is 15.9 Å². The molecule has 0 N–H and O–H groups in total. The van der Waals surface area contributed by atoms with Gasteiger partial charge in [-0.1, -0.05) is 0 Å². The molecule has 0 saturated carbocycles. The molecule has 0 fully saturated rings. The summed E-state index contributed by atoms with van der Waals surface area (Å²) in [5, 5.41) is 0. The maximum atomic E-state index is 12.0. The topological polar surface area (TPSA) is 52.6 Å². The van der Waals surface area contributed by atoms with Crippen molar-refractivity contribution in [1.82, 2.24) is 0 Å². The van der Waals surface area contributed by atoms with Gasteiger partial charge in [0.15, 0.2) is 5.78 Å². The van der Waals surface area contributed by atoms with Crippen LogP contribution in [-0.2, 0) is 15.5 Å². The lowest BCUT2D eigenvalue weighted by atomic mass is 10.1. The van der Waals surface area contributed by atoms with Crippen LogP contribution in [0.2, 0.25) is 0 Å². The molecule has 0 aliphatic heterocycles. The summed E-state index contributed by atoms with van der Waals surface area (Å²) >= 11 is 3.32. The molecule has 106 valence electrons. The van der Waals surface area contributed by atoms with Crippen molar-refractivity contribution >= 4 is 32.5 Å². The fourth-order valence-corrected chi connectivity index (χ4v) is 3.09.